The van der Waals surface area contributed by atoms with Gasteiger partial charge in [-0.25, -0.2) is 0 Å². The number of rotatable bonds is 14. The molecule has 0 spiro atoms. The van der Waals surface area contributed by atoms with Crippen molar-refractivity contribution in [1.82, 2.24) is 10.6 Å². The number of ketones is 1. The molecule has 9 heteroatoms. The third kappa shape index (κ3) is 8.61. The van der Waals surface area contributed by atoms with E-state index in [0.717, 1.165) is 0 Å². The van der Waals surface area contributed by atoms with Gasteiger partial charge in [-0.15, -0.1) is 6.58 Å². The van der Waals surface area contributed by atoms with E-state index in [1.165, 1.54) is 0 Å². The molecule has 0 unspecified atom stereocenters. The summed E-state index contributed by atoms with van der Waals surface area (Å²) in [6, 6.07) is -2.19. The maximum atomic E-state index is 12.6. The Bertz CT molecular complexity index is 608. The fourth-order valence-corrected chi connectivity index (χ4v) is 2.85. The zero-order chi connectivity index (χ0) is 22.2. The van der Waals surface area contributed by atoms with Gasteiger partial charge in [0.25, 0.3) is 0 Å². The number of hydrogen-bond acceptors (Lipinski definition) is 7. The summed E-state index contributed by atoms with van der Waals surface area (Å²) in [6.07, 6.45) is 2.02. The Hall–Kier alpha value is -1.81. The number of hydrogen-bond donors (Lipinski definition) is 5. The third-order valence-electron chi connectivity index (χ3n) is 4.66. The van der Waals surface area contributed by atoms with Crippen LogP contribution in [-0.2, 0) is 19.1 Å². The van der Waals surface area contributed by atoms with Crippen LogP contribution < -0.4 is 10.6 Å². The van der Waals surface area contributed by atoms with Crippen LogP contribution >= 0.6 is 0 Å². The second-order valence-electron chi connectivity index (χ2n) is 8.35. The van der Waals surface area contributed by atoms with Crippen LogP contribution in [0.25, 0.3) is 0 Å². The maximum absolute atomic E-state index is 12.6. The molecular weight excluding hydrogens is 380 g/mol. The number of carbonyl (C=O) groups is 3. The number of nitrogens with one attached hydrogen (secondary N) is 2. The molecule has 1 heterocycles. The van der Waals surface area contributed by atoms with Crippen molar-refractivity contribution in [3.8, 4) is 0 Å². The van der Waals surface area contributed by atoms with Crippen LogP contribution in [0.1, 0.15) is 52.9 Å². The van der Waals surface area contributed by atoms with Gasteiger partial charge in [-0.1, -0.05) is 12.0 Å². The van der Waals surface area contributed by atoms with Gasteiger partial charge in [-0.2, -0.15) is 0 Å². The van der Waals surface area contributed by atoms with Crippen LogP contribution in [0.2, 0.25) is 0 Å². The second kappa shape index (κ2) is 10.8. The molecule has 1 aliphatic heterocycles. The predicted octanol–water partition coefficient (Wildman–Crippen LogP) is -0.424. The number of amides is 2. The van der Waals surface area contributed by atoms with Crippen molar-refractivity contribution in [2.24, 2.45) is 0 Å². The molecule has 1 saturated heterocycles. The van der Waals surface area contributed by atoms with Crippen molar-refractivity contribution < 1.29 is 34.4 Å². The Kier molecular flexibility index (Phi) is 9.41. The highest BCUT2D eigenvalue weighted by Gasteiger charge is 2.54. The minimum atomic E-state index is -1.30. The number of aliphatic hydroxyl groups excluding tert-OH is 2. The van der Waals surface area contributed by atoms with Crippen LogP contribution in [0, 0.1) is 0 Å². The van der Waals surface area contributed by atoms with Crippen molar-refractivity contribution in [2.75, 3.05) is 19.8 Å². The second-order valence-corrected chi connectivity index (χ2v) is 8.35. The first-order chi connectivity index (χ1) is 13.4. The molecule has 29 heavy (non-hydrogen) atoms. The fourth-order valence-electron chi connectivity index (χ4n) is 2.85. The molecule has 0 aliphatic carbocycles. The smallest absolute Gasteiger partial charge is 0.245 e. The molecule has 9 nitrogen and oxygen atoms in total. The molecule has 0 bridgehead atoms. The van der Waals surface area contributed by atoms with Crippen LogP contribution in [0.3, 0.4) is 0 Å². The molecular formula is C20H34N2O7. The first kappa shape index (κ1) is 25.2. The number of epoxide rings is 1. The van der Waals surface area contributed by atoms with Crippen molar-refractivity contribution >= 4 is 17.6 Å². The highest BCUT2D eigenvalue weighted by atomic mass is 16.6. The minimum absolute atomic E-state index is 0.0791. The van der Waals surface area contributed by atoms with Gasteiger partial charge < -0.3 is 30.7 Å². The maximum Gasteiger partial charge on any atom is 0.245 e. The Balaban J connectivity index is 2.61. The largest absolute Gasteiger partial charge is 0.394 e. The molecule has 1 rings (SSSR count). The first-order valence-corrected chi connectivity index (χ1v) is 9.80. The summed E-state index contributed by atoms with van der Waals surface area (Å²) >= 11 is 0. The Morgan fingerprint density at radius 3 is 2.24 bits per heavy atom. The highest BCUT2D eigenvalue weighted by Crippen LogP contribution is 2.29. The summed E-state index contributed by atoms with van der Waals surface area (Å²) in [5.41, 5.74) is -1.45. The monoisotopic (exact) mass is 414 g/mol. The van der Waals surface area contributed by atoms with Crippen molar-refractivity contribution in [1.29, 1.82) is 0 Å². The quantitative estimate of drug-likeness (QED) is 0.147. The summed E-state index contributed by atoms with van der Waals surface area (Å²) in [5, 5.41) is 33.5. The lowest BCUT2D eigenvalue weighted by molar-refractivity contribution is -0.134. The van der Waals surface area contributed by atoms with E-state index in [-0.39, 0.29) is 19.4 Å². The van der Waals surface area contributed by atoms with E-state index in [4.69, 9.17) is 4.74 Å². The molecule has 5 N–H and O–H groups in total. The highest BCUT2D eigenvalue weighted by molar-refractivity contribution is 5.98. The summed E-state index contributed by atoms with van der Waals surface area (Å²) < 4.78 is 5.06. The van der Waals surface area contributed by atoms with Crippen molar-refractivity contribution in [3.05, 3.63) is 12.2 Å². The van der Waals surface area contributed by atoms with Crippen LogP contribution in [0.5, 0.6) is 0 Å². The summed E-state index contributed by atoms with van der Waals surface area (Å²) in [7, 11) is 0. The van der Waals surface area contributed by atoms with Crippen LogP contribution in [0.15, 0.2) is 12.2 Å². The topological polar surface area (TPSA) is 148 Å². The van der Waals surface area contributed by atoms with Gasteiger partial charge in [-0.05, 0) is 40.0 Å². The Labute approximate surface area is 171 Å². The molecule has 0 aromatic rings. The summed E-state index contributed by atoms with van der Waals surface area (Å²) in [5.74, 6) is -1.58. The third-order valence-corrected chi connectivity index (χ3v) is 4.66. The van der Waals surface area contributed by atoms with Gasteiger partial charge in [0.2, 0.25) is 11.8 Å². The zero-order valence-corrected chi connectivity index (χ0v) is 17.5. The van der Waals surface area contributed by atoms with Crippen LogP contribution in [-0.4, -0.2) is 76.0 Å². The van der Waals surface area contributed by atoms with Crippen LogP contribution in [0.4, 0.5) is 0 Å². The van der Waals surface area contributed by atoms with E-state index >= 15 is 0 Å². The first-order valence-electron chi connectivity index (χ1n) is 9.80. The Morgan fingerprint density at radius 1 is 1.17 bits per heavy atom. The van der Waals surface area contributed by atoms with E-state index in [9.17, 15) is 29.7 Å². The molecule has 0 saturated carbocycles. The van der Waals surface area contributed by atoms with E-state index < -0.39 is 54.1 Å². The van der Waals surface area contributed by atoms with Gasteiger partial charge >= 0.3 is 0 Å². The number of aliphatic hydroxyl groups is 3. The minimum Gasteiger partial charge on any atom is -0.394 e. The average Bonchev–Trinajstić information content (AvgIpc) is 3.42. The van der Waals surface area contributed by atoms with E-state index in [2.05, 4.69) is 17.2 Å². The zero-order valence-electron chi connectivity index (χ0n) is 17.5. The molecule has 0 radical (unpaired) electrons. The lowest BCUT2D eigenvalue weighted by Gasteiger charge is -2.23. The number of carbonyl (C=O) groups excluding carboxylic acids is 3. The predicted molar refractivity (Wildman–Crippen MR) is 106 cm³/mol. The summed E-state index contributed by atoms with van der Waals surface area (Å²) in [6.45, 7) is 7.78. The van der Waals surface area contributed by atoms with Gasteiger partial charge in [0.05, 0.1) is 31.5 Å². The average molecular weight is 414 g/mol. The van der Waals surface area contributed by atoms with E-state index in [1.807, 2.05) is 0 Å². The normalized spacial score (nSPS) is 20.5. The molecule has 1 fully saturated rings. The molecule has 2 amide bonds. The van der Waals surface area contributed by atoms with Gasteiger partial charge in [0.1, 0.15) is 6.04 Å². The number of Topliss-reactive ketones (excluding diaryl/α,β-unsaturated/α-hetero) is 1. The van der Waals surface area contributed by atoms with Gasteiger partial charge in [0, 0.05) is 6.42 Å². The van der Waals surface area contributed by atoms with Gasteiger partial charge in [-0.3, -0.25) is 14.4 Å². The standard InChI is InChI=1S/C20H34N2O7/c1-13(2)9-14(17(26)20(11-24)12-29-20)22-18(27)15(10-23)21-16(25)7-5-6-8-19(3,4)28/h14-15,23-24,28H,1,5-12H2,2-4H3,(H,21,25)(H,22,27)/t14-,15-,20+/m0/s1. The molecule has 166 valence electrons. The molecule has 0 aromatic heterocycles. The van der Waals surface area contributed by atoms with E-state index in [0.29, 0.717) is 24.8 Å². The number of unbranched alkanes of at least 4 members (excludes halogenated alkanes) is 1. The lowest BCUT2D eigenvalue weighted by atomic mass is 9.94. The van der Waals surface area contributed by atoms with Gasteiger partial charge in [0.15, 0.2) is 11.4 Å². The lowest BCUT2D eigenvalue weighted by Crippen LogP contribution is -2.55. The SMILES string of the molecule is C=C(C)C[C@H](NC(=O)[C@H](CO)NC(=O)CCCCC(C)(C)O)C(=O)[C@@]1(CO)CO1. The van der Waals surface area contributed by atoms with Crippen molar-refractivity contribution in [2.45, 2.75) is 76.2 Å². The molecule has 1 aliphatic rings. The fraction of sp³-hybridized carbons (Fsp3) is 0.750. The number of ether oxygens (including phenoxy) is 1. The Morgan fingerprint density at radius 2 is 1.79 bits per heavy atom. The summed E-state index contributed by atoms with van der Waals surface area (Å²) in [4.78, 5) is 37.2. The van der Waals surface area contributed by atoms with Crippen molar-refractivity contribution in [3.63, 3.8) is 0 Å². The molecule has 0 aromatic carbocycles. The molecule has 3 atom stereocenters. The van der Waals surface area contributed by atoms with E-state index in [1.54, 1.807) is 20.8 Å².